The molecule has 0 aromatic heterocycles. The van der Waals surface area contributed by atoms with Gasteiger partial charge in [0.05, 0.1) is 0 Å². The molecule has 3 heteroatoms. The summed E-state index contributed by atoms with van der Waals surface area (Å²) in [6.07, 6.45) is 5.85. The molecular weight excluding hydrogens is 137 g/mol. The molecular formula is C8H16BNO. The molecule has 1 aliphatic carbocycles. The molecule has 2 nitrogen and oxygen atoms in total. The van der Waals surface area contributed by atoms with Gasteiger partial charge in [0, 0.05) is 12.4 Å². The minimum Gasteiger partial charge on any atom is -0.359 e. The molecule has 1 amide bonds. The van der Waals surface area contributed by atoms with Crippen LogP contribution in [0.25, 0.3) is 0 Å². The molecule has 0 atom stereocenters. The van der Waals surface area contributed by atoms with Gasteiger partial charge in [-0.3, -0.25) is 4.79 Å². The van der Waals surface area contributed by atoms with Crippen molar-refractivity contribution < 1.29 is 4.79 Å². The van der Waals surface area contributed by atoms with Gasteiger partial charge in [-0.25, -0.2) is 0 Å². The van der Waals surface area contributed by atoms with Crippen LogP contribution in [0.1, 0.15) is 32.1 Å². The average Bonchev–Trinajstić information content (AvgIpc) is 2.04. The molecule has 1 saturated carbocycles. The van der Waals surface area contributed by atoms with Gasteiger partial charge in [-0.2, -0.15) is 0 Å². The van der Waals surface area contributed by atoms with Crippen LogP contribution >= 0.6 is 0 Å². The lowest BCUT2D eigenvalue weighted by Crippen LogP contribution is -2.35. The third-order valence-electron chi connectivity index (χ3n) is 2.73. The van der Waals surface area contributed by atoms with Crippen LogP contribution in [-0.2, 0) is 4.79 Å². The smallest absolute Gasteiger partial charge is 0.217 e. The first-order chi connectivity index (χ1) is 5.19. The Labute approximate surface area is 69.2 Å². The van der Waals surface area contributed by atoms with E-state index in [1.165, 1.54) is 19.3 Å². The van der Waals surface area contributed by atoms with Crippen molar-refractivity contribution in [2.45, 2.75) is 37.4 Å². The normalized spacial score (nSPS) is 22.6. The minimum absolute atomic E-state index is 0.0625. The van der Waals surface area contributed by atoms with Crippen LogP contribution < -0.4 is 5.32 Å². The van der Waals surface area contributed by atoms with E-state index >= 15 is 0 Å². The van der Waals surface area contributed by atoms with Crippen molar-refractivity contribution in [2.75, 3.05) is 7.05 Å². The Hall–Kier alpha value is -0.465. The van der Waals surface area contributed by atoms with Gasteiger partial charge in [-0.05, 0) is 12.8 Å². The van der Waals surface area contributed by atoms with Gasteiger partial charge in [0.25, 0.3) is 0 Å². The van der Waals surface area contributed by atoms with E-state index in [0.717, 1.165) is 12.8 Å². The Morgan fingerprint density at radius 2 is 1.91 bits per heavy atom. The topological polar surface area (TPSA) is 29.1 Å². The van der Waals surface area contributed by atoms with E-state index in [2.05, 4.69) is 13.2 Å². The first-order valence-corrected chi connectivity index (χ1v) is 4.41. The maximum Gasteiger partial charge on any atom is 0.217 e. The van der Waals surface area contributed by atoms with Crippen molar-refractivity contribution in [2.24, 2.45) is 0 Å². The number of hydrogen-bond acceptors (Lipinski definition) is 1. The first kappa shape index (κ1) is 8.63. The fraction of sp³-hybridized carbons (Fsp3) is 0.875. The fourth-order valence-corrected chi connectivity index (χ4v) is 1.86. The lowest BCUT2D eigenvalue weighted by Gasteiger charge is -2.31. The molecule has 11 heavy (non-hydrogen) atoms. The molecule has 0 bridgehead atoms. The highest BCUT2D eigenvalue weighted by Gasteiger charge is 2.33. The van der Waals surface area contributed by atoms with Gasteiger partial charge >= 0.3 is 0 Å². The maximum atomic E-state index is 11.4. The molecule has 1 rings (SSSR count). The quantitative estimate of drug-likeness (QED) is 0.545. The van der Waals surface area contributed by atoms with Crippen LogP contribution in [-0.4, -0.2) is 20.8 Å². The summed E-state index contributed by atoms with van der Waals surface area (Å²) in [5.74, 6) is 0.220. The molecule has 0 heterocycles. The zero-order chi connectivity index (χ0) is 8.32. The second-order valence-corrected chi connectivity index (χ2v) is 3.70. The molecule has 1 N–H and O–H groups in total. The Kier molecular flexibility index (Phi) is 2.58. The van der Waals surface area contributed by atoms with Gasteiger partial charge in [0.2, 0.25) is 5.91 Å². The maximum absolute atomic E-state index is 11.4. The summed E-state index contributed by atoms with van der Waals surface area (Å²) in [6, 6.07) is 0. The number of nitrogens with one attached hydrogen (secondary N) is 1. The summed E-state index contributed by atoms with van der Waals surface area (Å²) in [4.78, 5) is 11.4. The molecule has 0 radical (unpaired) electrons. The summed E-state index contributed by atoms with van der Waals surface area (Å²) in [5, 5.41) is 2.67. The zero-order valence-electron chi connectivity index (χ0n) is 7.44. The van der Waals surface area contributed by atoms with Crippen LogP contribution in [0.2, 0.25) is 5.31 Å². The zero-order valence-corrected chi connectivity index (χ0v) is 7.44. The standard InChI is InChI=1S/C8H16BNO/c1-10-7(11)8(9)5-3-2-4-6-8/h2-6,9H2,1H3,(H,10,11). The molecule has 0 spiro atoms. The largest absolute Gasteiger partial charge is 0.359 e. The second-order valence-electron chi connectivity index (χ2n) is 3.70. The molecule has 62 valence electrons. The van der Waals surface area contributed by atoms with E-state index in [1.54, 1.807) is 7.05 Å². The number of carbonyl (C=O) groups is 1. The van der Waals surface area contributed by atoms with E-state index in [1.807, 2.05) is 0 Å². The van der Waals surface area contributed by atoms with Crippen LogP contribution in [0.5, 0.6) is 0 Å². The molecule has 0 saturated heterocycles. The minimum atomic E-state index is -0.0625. The molecule has 0 unspecified atom stereocenters. The number of hydrogen-bond donors (Lipinski definition) is 1. The molecule has 0 aromatic rings. The van der Waals surface area contributed by atoms with Crippen LogP contribution in [0.3, 0.4) is 0 Å². The molecule has 1 aliphatic rings. The van der Waals surface area contributed by atoms with Crippen molar-refractivity contribution in [3.05, 3.63) is 0 Å². The van der Waals surface area contributed by atoms with Crippen molar-refractivity contribution in [1.82, 2.24) is 5.32 Å². The van der Waals surface area contributed by atoms with Gasteiger partial charge in [0.15, 0.2) is 0 Å². The summed E-state index contributed by atoms with van der Waals surface area (Å²) in [6.45, 7) is 0. The van der Waals surface area contributed by atoms with Crippen molar-refractivity contribution in [1.29, 1.82) is 0 Å². The third kappa shape index (κ3) is 1.76. The number of carbonyl (C=O) groups excluding carboxylic acids is 1. The average molecular weight is 153 g/mol. The third-order valence-corrected chi connectivity index (χ3v) is 2.73. The number of amides is 1. The Morgan fingerprint density at radius 1 is 1.36 bits per heavy atom. The van der Waals surface area contributed by atoms with Crippen LogP contribution in [0.15, 0.2) is 0 Å². The van der Waals surface area contributed by atoms with E-state index in [0.29, 0.717) is 0 Å². The Balaban J connectivity index is 2.56. The Bertz CT molecular complexity index is 152. The monoisotopic (exact) mass is 153 g/mol. The summed E-state index contributed by atoms with van der Waals surface area (Å²) < 4.78 is 0. The summed E-state index contributed by atoms with van der Waals surface area (Å²) in [5.41, 5.74) is 0. The molecule has 0 aromatic carbocycles. The lowest BCUT2D eigenvalue weighted by atomic mass is 9.59. The highest BCUT2D eigenvalue weighted by Crippen LogP contribution is 2.39. The molecule has 0 aliphatic heterocycles. The van der Waals surface area contributed by atoms with Gasteiger partial charge in [-0.15, -0.1) is 0 Å². The second kappa shape index (κ2) is 3.29. The molecule has 1 fully saturated rings. The first-order valence-electron chi connectivity index (χ1n) is 4.41. The van der Waals surface area contributed by atoms with Crippen LogP contribution in [0, 0.1) is 0 Å². The number of rotatable bonds is 1. The van der Waals surface area contributed by atoms with E-state index < -0.39 is 0 Å². The van der Waals surface area contributed by atoms with Gasteiger partial charge in [0.1, 0.15) is 7.85 Å². The highest BCUT2D eigenvalue weighted by molar-refractivity contribution is 6.28. The predicted molar refractivity (Wildman–Crippen MR) is 48.4 cm³/mol. The van der Waals surface area contributed by atoms with E-state index in [9.17, 15) is 4.79 Å². The summed E-state index contributed by atoms with van der Waals surface area (Å²) >= 11 is 0. The van der Waals surface area contributed by atoms with E-state index in [-0.39, 0.29) is 11.2 Å². The van der Waals surface area contributed by atoms with Crippen molar-refractivity contribution >= 4 is 13.8 Å². The highest BCUT2D eigenvalue weighted by atomic mass is 16.2. The van der Waals surface area contributed by atoms with E-state index in [4.69, 9.17) is 0 Å². The Morgan fingerprint density at radius 3 is 2.36 bits per heavy atom. The van der Waals surface area contributed by atoms with Gasteiger partial charge < -0.3 is 5.32 Å². The summed E-state index contributed by atoms with van der Waals surface area (Å²) in [7, 11) is 3.80. The lowest BCUT2D eigenvalue weighted by molar-refractivity contribution is -0.124. The van der Waals surface area contributed by atoms with Gasteiger partial charge in [-0.1, -0.05) is 19.3 Å². The predicted octanol–water partition coefficient (Wildman–Crippen LogP) is 0.488. The van der Waals surface area contributed by atoms with Crippen LogP contribution in [0.4, 0.5) is 0 Å². The fourth-order valence-electron chi connectivity index (χ4n) is 1.86. The SMILES string of the molecule is BC1(C(=O)NC)CCCCC1. The van der Waals surface area contributed by atoms with Crippen molar-refractivity contribution in [3.63, 3.8) is 0 Å². The van der Waals surface area contributed by atoms with Crippen molar-refractivity contribution in [3.8, 4) is 0 Å².